The molecule has 0 unspecified atom stereocenters. The Morgan fingerprint density at radius 2 is 1.83 bits per heavy atom. The second-order valence-electron chi connectivity index (χ2n) is 11.1. The van der Waals surface area contributed by atoms with Gasteiger partial charge in [-0.05, 0) is 80.8 Å². The Kier molecular flexibility index (Phi) is 8.37. The van der Waals surface area contributed by atoms with Crippen LogP contribution in [0, 0.1) is 5.92 Å². The Labute approximate surface area is 216 Å². The highest BCUT2D eigenvalue weighted by molar-refractivity contribution is 5.92. The average Bonchev–Trinajstić information content (AvgIpc) is 2.87. The summed E-state index contributed by atoms with van der Waals surface area (Å²) in [6.07, 6.45) is 9.62. The maximum atomic E-state index is 12.6. The number of hydrogen-bond donors (Lipinski definition) is 2. The molecule has 1 saturated carbocycles. The first-order valence-electron chi connectivity index (χ1n) is 13.8. The van der Waals surface area contributed by atoms with Crippen molar-refractivity contribution in [2.45, 2.75) is 90.5 Å². The molecule has 7 nitrogen and oxygen atoms in total. The zero-order valence-electron chi connectivity index (χ0n) is 22.8. The topological polar surface area (TPSA) is 87.4 Å². The number of urea groups is 1. The van der Waals surface area contributed by atoms with E-state index in [9.17, 15) is 4.79 Å². The van der Waals surface area contributed by atoms with Gasteiger partial charge in [0.1, 0.15) is 5.82 Å². The molecular formula is C29H44N6O. The zero-order valence-corrected chi connectivity index (χ0v) is 22.8. The van der Waals surface area contributed by atoms with E-state index in [1.165, 1.54) is 35.2 Å². The van der Waals surface area contributed by atoms with Crippen LogP contribution >= 0.6 is 0 Å². The molecule has 0 radical (unpaired) electrons. The summed E-state index contributed by atoms with van der Waals surface area (Å²) < 4.78 is 0. The lowest BCUT2D eigenvalue weighted by molar-refractivity contribution is 0.250. The zero-order chi connectivity index (χ0) is 25.8. The molecule has 1 heterocycles. The lowest BCUT2D eigenvalue weighted by atomic mass is 9.85. The molecule has 0 spiro atoms. The molecule has 2 aromatic rings. The van der Waals surface area contributed by atoms with Crippen molar-refractivity contribution in [1.29, 1.82) is 0 Å². The van der Waals surface area contributed by atoms with Gasteiger partial charge in [-0.2, -0.15) is 4.98 Å². The number of aromatic nitrogens is 2. The molecule has 1 aromatic heterocycles. The van der Waals surface area contributed by atoms with E-state index in [2.05, 4.69) is 63.3 Å². The van der Waals surface area contributed by atoms with Gasteiger partial charge in [-0.1, -0.05) is 39.0 Å². The van der Waals surface area contributed by atoms with Gasteiger partial charge in [-0.25, -0.2) is 9.78 Å². The number of para-hydroxylation sites is 1. The predicted octanol–water partition coefficient (Wildman–Crippen LogP) is 5.66. The maximum absolute atomic E-state index is 12.6. The largest absolute Gasteiger partial charge is 0.362 e. The summed E-state index contributed by atoms with van der Waals surface area (Å²) in [4.78, 5) is 26.4. The van der Waals surface area contributed by atoms with Gasteiger partial charge in [-0.15, -0.1) is 0 Å². The van der Waals surface area contributed by atoms with Crippen LogP contribution < -0.4 is 20.9 Å². The van der Waals surface area contributed by atoms with Crippen molar-refractivity contribution in [2.24, 2.45) is 11.7 Å². The highest BCUT2D eigenvalue weighted by Crippen LogP contribution is 2.35. The van der Waals surface area contributed by atoms with Gasteiger partial charge in [-0.3, -0.25) is 4.90 Å². The number of carbonyl (C=O) groups is 1. The summed E-state index contributed by atoms with van der Waals surface area (Å²) >= 11 is 0. The Morgan fingerprint density at radius 3 is 2.47 bits per heavy atom. The van der Waals surface area contributed by atoms with Crippen molar-refractivity contribution in [2.75, 3.05) is 35.8 Å². The summed E-state index contributed by atoms with van der Waals surface area (Å²) in [6, 6.07) is 6.36. The van der Waals surface area contributed by atoms with Gasteiger partial charge in [0.05, 0.1) is 11.4 Å². The Balaban J connectivity index is 1.44. The average molecular weight is 493 g/mol. The summed E-state index contributed by atoms with van der Waals surface area (Å²) in [6.45, 7) is 7.18. The van der Waals surface area contributed by atoms with E-state index in [0.29, 0.717) is 24.4 Å². The molecule has 4 rings (SSSR count). The summed E-state index contributed by atoms with van der Waals surface area (Å²) in [7, 11) is 4.14. The first-order chi connectivity index (χ1) is 17.3. The van der Waals surface area contributed by atoms with E-state index < -0.39 is 0 Å². The summed E-state index contributed by atoms with van der Waals surface area (Å²) in [5, 5.41) is 3.64. The lowest BCUT2D eigenvalue weighted by Crippen LogP contribution is -2.42. The molecule has 2 aliphatic carbocycles. The number of nitrogens with one attached hydrogen (secondary N) is 1. The van der Waals surface area contributed by atoms with Gasteiger partial charge in [0.2, 0.25) is 5.95 Å². The fourth-order valence-corrected chi connectivity index (χ4v) is 5.92. The van der Waals surface area contributed by atoms with E-state index in [4.69, 9.17) is 15.7 Å². The van der Waals surface area contributed by atoms with Crippen LogP contribution in [0.1, 0.15) is 87.6 Å². The van der Waals surface area contributed by atoms with E-state index in [1.807, 2.05) is 4.90 Å². The quantitative estimate of drug-likeness (QED) is 0.496. The molecule has 36 heavy (non-hydrogen) atoms. The molecule has 0 atom stereocenters. The highest BCUT2D eigenvalue weighted by Gasteiger charge is 2.28. The standard InChI is InChI=1S/C29H44N6O/c1-6-21-10-9-12-23(19(2)3)26(21)35(28(30)36)18-20-14-16-22(17-15-20)31-29-32-25-13-8-7-11-24(25)27(33-29)34(4)5/h9-10,12,19-20,22H,6-8,11,13-18H2,1-5H3,(H2,30,36)(H,31,32,33). The number of rotatable bonds is 8. The molecule has 196 valence electrons. The number of carbonyl (C=O) groups excluding carboxylic acids is 1. The van der Waals surface area contributed by atoms with Crippen LogP contribution in [-0.2, 0) is 19.3 Å². The van der Waals surface area contributed by atoms with E-state index in [-0.39, 0.29) is 6.03 Å². The van der Waals surface area contributed by atoms with Crippen LogP contribution in [0.25, 0.3) is 0 Å². The summed E-state index contributed by atoms with van der Waals surface area (Å²) in [5.41, 5.74) is 11.9. The van der Waals surface area contributed by atoms with Crippen LogP contribution in [0.4, 0.5) is 22.2 Å². The minimum Gasteiger partial charge on any atom is -0.362 e. The van der Waals surface area contributed by atoms with Crippen molar-refractivity contribution in [3.05, 3.63) is 40.6 Å². The first-order valence-corrected chi connectivity index (χ1v) is 13.8. The molecule has 1 aromatic carbocycles. The molecule has 0 aliphatic heterocycles. The summed E-state index contributed by atoms with van der Waals surface area (Å²) in [5.74, 6) is 2.59. The second-order valence-corrected chi connectivity index (χ2v) is 11.1. The van der Waals surface area contributed by atoms with Gasteiger partial charge >= 0.3 is 6.03 Å². The van der Waals surface area contributed by atoms with Crippen molar-refractivity contribution in [1.82, 2.24) is 9.97 Å². The second kappa shape index (κ2) is 11.5. The van der Waals surface area contributed by atoms with Crippen molar-refractivity contribution >= 4 is 23.5 Å². The fraction of sp³-hybridized carbons (Fsp3) is 0.621. The molecule has 0 saturated heterocycles. The Bertz CT molecular complexity index is 1060. The van der Waals surface area contributed by atoms with Gasteiger partial charge < -0.3 is 16.0 Å². The van der Waals surface area contributed by atoms with Crippen molar-refractivity contribution in [3.63, 3.8) is 0 Å². The molecule has 2 amide bonds. The highest BCUT2D eigenvalue weighted by atomic mass is 16.2. The number of nitrogens with zero attached hydrogens (tertiary/aromatic N) is 4. The normalized spacial score (nSPS) is 19.6. The predicted molar refractivity (Wildman–Crippen MR) is 149 cm³/mol. The third kappa shape index (κ3) is 5.76. The number of fused-ring (bicyclic) bond motifs is 1. The van der Waals surface area contributed by atoms with Crippen molar-refractivity contribution < 1.29 is 4.79 Å². The first kappa shape index (κ1) is 26.2. The van der Waals surface area contributed by atoms with Crippen LogP contribution in [0.15, 0.2) is 18.2 Å². The number of anilines is 3. The monoisotopic (exact) mass is 492 g/mol. The number of primary amides is 1. The van der Waals surface area contributed by atoms with Crippen LogP contribution in [-0.4, -0.2) is 42.7 Å². The minimum atomic E-state index is -0.350. The third-order valence-corrected chi connectivity index (χ3v) is 7.90. The van der Waals surface area contributed by atoms with E-state index in [0.717, 1.165) is 62.4 Å². The molecular weight excluding hydrogens is 448 g/mol. The molecule has 0 bridgehead atoms. The van der Waals surface area contributed by atoms with Crippen LogP contribution in [0.5, 0.6) is 0 Å². The third-order valence-electron chi connectivity index (χ3n) is 7.90. The number of aryl methyl sites for hydroxylation is 2. The van der Waals surface area contributed by atoms with E-state index in [1.54, 1.807) is 0 Å². The minimum absolute atomic E-state index is 0.331. The van der Waals surface area contributed by atoms with Gasteiger partial charge in [0, 0.05) is 32.2 Å². The Morgan fingerprint density at radius 1 is 1.11 bits per heavy atom. The molecule has 7 heteroatoms. The smallest absolute Gasteiger partial charge is 0.319 e. The molecule has 3 N–H and O–H groups in total. The van der Waals surface area contributed by atoms with Crippen molar-refractivity contribution in [3.8, 4) is 0 Å². The fourth-order valence-electron chi connectivity index (χ4n) is 5.92. The van der Waals surface area contributed by atoms with Crippen LogP contribution in [0.2, 0.25) is 0 Å². The lowest BCUT2D eigenvalue weighted by Gasteiger charge is -2.34. The number of hydrogen-bond acceptors (Lipinski definition) is 5. The Hall–Kier alpha value is -2.83. The van der Waals surface area contributed by atoms with E-state index >= 15 is 0 Å². The number of benzene rings is 1. The van der Waals surface area contributed by atoms with Gasteiger partial charge in [0.15, 0.2) is 0 Å². The molecule has 2 aliphatic rings. The van der Waals surface area contributed by atoms with Crippen LogP contribution in [0.3, 0.4) is 0 Å². The SMILES string of the molecule is CCc1cccc(C(C)C)c1N(CC1CCC(Nc2nc3c(c(N(C)C)n2)CCCC3)CC1)C(N)=O. The van der Waals surface area contributed by atoms with Gasteiger partial charge in [0.25, 0.3) is 0 Å². The number of amides is 2. The maximum Gasteiger partial charge on any atom is 0.319 e. The number of nitrogens with two attached hydrogens (primary N) is 1. The molecule has 1 fully saturated rings.